The number of carbonyl (C=O) groups excluding carboxylic acids is 1. The van der Waals surface area contributed by atoms with Crippen LogP contribution in [0.15, 0.2) is 29.4 Å². The third kappa shape index (κ3) is 4.05. The number of nitrogens with zero attached hydrogens (tertiary/aromatic N) is 5. The summed E-state index contributed by atoms with van der Waals surface area (Å²) in [4.78, 5) is 12.3. The molecule has 0 saturated heterocycles. The SMILES string of the molecule is Cc1cccc(-c2nnc(S[C@@H](C)C(=O)Nc3nnc(C)s3)n2C)c1. The molecule has 1 aromatic carbocycles. The Balaban J connectivity index is 1.71. The quantitative estimate of drug-likeness (QED) is 0.691. The molecule has 2 aromatic heterocycles. The van der Waals surface area contributed by atoms with Gasteiger partial charge >= 0.3 is 0 Å². The summed E-state index contributed by atoms with van der Waals surface area (Å²) in [6.45, 7) is 5.71. The van der Waals surface area contributed by atoms with Crippen molar-refractivity contribution in [3.8, 4) is 11.4 Å². The molecule has 2 heterocycles. The molecule has 1 amide bonds. The van der Waals surface area contributed by atoms with Crippen LogP contribution >= 0.6 is 23.1 Å². The summed E-state index contributed by atoms with van der Waals surface area (Å²) in [6, 6.07) is 8.09. The molecule has 0 aliphatic heterocycles. The van der Waals surface area contributed by atoms with Crippen molar-refractivity contribution in [2.75, 3.05) is 5.32 Å². The van der Waals surface area contributed by atoms with E-state index in [4.69, 9.17) is 0 Å². The number of hydrogen-bond donors (Lipinski definition) is 1. The summed E-state index contributed by atoms with van der Waals surface area (Å²) in [7, 11) is 1.90. The number of carbonyl (C=O) groups is 1. The largest absolute Gasteiger partial charge is 0.305 e. The first kappa shape index (κ1) is 17.6. The molecule has 0 spiro atoms. The number of anilines is 1. The molecule has 7 nitrogen and oxygen atoms in total. The fourth-order valence-corrected chi connectivity index (χ4v) is 3.63. The molecule has 3 aromatic rings. The summed E-state index contributed by atoms with van der Waals surface area (Å²) >= 11 is 2.71. The van der Waals surface area contributed by atoms with Gasteiger partial charge in [0.25, 0.3) is 0 Å². The van der Waals surface area contributed by atoms with E-state index in [1.807, 2.05) is 50.6 Å². The monoisotopic (exact) mass is 374 g/mol. The molecule has 0 saturated carbocycles. The fraction of sp³-hybridized carbons (Fsp3) is 0.312. The zero-order chi connectivity index (χ0) is 18.0. The number of thioether (sulfide) groups is 1. The van der Waals surface area contributed by atoms with Crippen molar-refractivity contribution < 1.29 is 4.79 Å². The van der Waals surface area contributed by atoms with Crippen LogP contribution in [0.3, 0.4) is 0 Å². The zero-order valence-electron chi connectivity index (χ0n) is 14.3. The Morgan fingerprint density at radius 3 is 2.72 bits per heavy atom. The van der Waals surface area contributed by atoms with Crippen molar-refractivity contribution in [1.29, 1.82) is 0 Å². The van der Waals surface area contributed by atoms with Crippen LogP contribution in [0.2, 0.25) is 0 Å². The van der Waals surface area contributed by atoms with Gasteiger partial charge in [0.15, 0.2) is 11.0 Å². The molecule has 25 heavy (non-hydrogen) atoms. The fourth-order valence-electron chi connectivity index (χ4n) is 2.22. The minimum absolute atomic E-state index is 0.138. The first-order valence-corrected chi connectivity index (χ1v) is 9.37. The third-order valence-corrected chi connectivity index (χ3v) is 5.41. The Kier molecular flexibility index (Phi) is 5.14. The van der Waals surface area contributed by atoms with Gasteiger partial charge in [0.1, 0.15) is 5.01 Å². The van der Waals surface area contributed by atoms with Crippen molar-refractivity contribution in [3.05, 3.63) is 34.8 Å². The van der Waals surface area contributed by atoms with E-state index in [1.54, 1.807) is 0 Å². The van der Waals surface area contributed by atoms with Gasteiger partial charge in [-0.05, 0) is 26.8 Å². The van der Waals surface area contributed by atoms with Crippen molar-refractivity contribution in [3.63, 3.8) is 0 Å². The van der Waals surface area contributed by atoms with Crippen LogP contribution in [0.1, 0.15) is 17.5 Å². The Labute approximate surface area is 153 Å². The van der Waals surface area contributed by atoms with Gasteiger partial charge in [-0.25, -0.2) is 0 Å². The molecular formula is C16H18N6OS2. The van der Waals surface area contributed by atoms with Crippen LogP contribution in [0.5, 0.6) is 0 Å². The second-order valence-electron chi connectivity index (χ2n) is 5.61. The van der Waals surface area contributed by atoms with Gasteiger partial charge in [-0.1, -0.05) is 46.9 Å². The van der Waals surface area contributed by atoms with Crippen LogP contribution in [0, 0.1) is 13.8 Å². The summed E-state index contributed by atoms with van der Waals surface area (Å²) < 4.78 is 1.90. The summed E-state index contributed by atoms with van der Waals surface area (Å²) in [6.07, 6.45) is 0. The van der Waals surface area contributed by atoms with E-state index in [1.165, 1.54) is 23.1 Å². The maximum atomic E-state index is 12.3. The number of aromatic nitrogens is 5. The van der Waals surface area contributed by atoms with Gasteiger partial charge in [-0.3, -0.25) is 10.1 Å². The number of nitrogens with one attached hydrogen (secondary N) is 1. The normalized spacial score (nSPS) is 12.2. The minimum Gasteiger partial charge on any atom is -0.305 e. The lowest BCUT2D eigenvalue weighted by Crippen LogP contribution is -2.22. The summed E-state index contributed by atoms with van der Waals surface area (Å²) in [5.74, 6) is 0.639. The standard InChI is InChI=1S/C16H18N6OS2/c1-9-6-5-7-12(8-9)13-19-21-16(22(13)4)24-10(2)14(23)17-15-20-18-11(3)25-15/h5-8,10H,1-4H3,(H,17,20,23)/t10-/m0/s1. The van der Waals surface area contributed by atoms with E-state index in [2.05, 4.69) is 31.8 Å². The molecule has 1 atom stereocenters. The van der Waals surface area contributed by atoms with E-state index < -0.39 is 0 Å². The highest BCUT2D eigenvalue weighted by Crippen LogP contribution is 2.27. The van der Waals surface area contributed by atoms with Gasteiger partial charge in [0.2, 0.25) is 11.0 Å². The molecule has 3 rings (SSSR count). The Bertz CT molecular complexity index is 904. The first-order valence-electron chi connectivity index (χ1n) is 7.68. The van der Waals surface area contributed by atoms with E-state index in [0.29, 0.717) is 10.3 Å². The lowest BCUT2D eigenvalue weighted by molar-refractivity contribution is -0.115. The zero-order valence-corrected chi connectivity index (χ0v) is 16.0. The maximum Gasteiger partial charge on any atom is 0.239 e. The number of rotatable bonds is 5. The van der Waals surface area contributed by atoms with Crippen LogP contribution in [0.4, 0.5) is 5.13 Å². The highest BCUT2D eigenvalue weighted by atomic mass is 32.2. The van der Waals surface area contributed by atoms with Gasteiger partial charge in [-0.2, -0.15) is 0 Å². The summed E-state index contributed by atoms with van der Waals surface area (Å²) in [5.41, 5.74) is 2.16. The van der Waals surface area contributed by atoms with Crippen molar-refractivity contribution in [2.24, 2.45) is 7.05 Å². The predicted molar refractivity (Wildman–Crippen MR) is 99.8 cm³/mol. The van der Waals surface area contributed by atoms with Crippen LogP contribution in [-0.4, -0.2) is 36.1 Å². The molecule has 1 N–H and O–H groups in total. The number of aryl methyl sites for hydroxylation is 2. The van der Waals surface area contributed by atoms with Crippen molar-refractivity contribution in [2.45, 2.75) is 31.2 Å². The smallest absolute Gasteiger partial charge is 0.239 e. The lowest BCUT2D eigenvalue weighted by atomic mass is 10.1. The third-order valence-electron chi connectivity index (χ3n) is 3.52. The number of hydrogen-bond acceptors (Lipinski definition) is 7. The number of benzene rings is 1. The van der Waals surface area contributed by atoms with Crippen molar-refractivity contribution in [1.82, 2.24) is 25.0 Å². The Morgan fingerprint density at radius 2 is 2.04 bits per heavy atom. The molecule has 130 valence electrons. The predicted octanol–water partition coefficient (Wildman–Crippen LogP) is 3.07. The molecule has 0 bridgehead atoms. The minimum atomic E-state index is -0.336. The Morgan fingerprint density at radius 1 is 1.24 bits per heavy atom. The average Bonchev–Trinajstić information content (AvgIpc) is 3.14. The van der Waals surface area contributed by atoms with Gasteiger partial charge in [0, 0.05) is 12.6 Å². The molecule has 0 unspecified atom stereocenters. The van der Waals surface area contributed by atoms with Gasteiger partial charge in [-0.15, -0.1) is 20.4 Å². The van der Waals surface area contributed by atoms with Crippen LogP contribution in [0.25, 0.3) is 11.4 Å². The van der Waals surface area contributed by atoms with Gasteiger partial charge < -0.3 is 4.57 Å². The van der Waals surface area contributed by atoms with E-state index in [9.17, 15) is 4.79 Å². The second kappa shape index (κ2) is 7.32. The molecule has 0 aliphatic carbocycles. The van der Waals surface area contributed by atoms with E-state index in [0.717, 1.165) is 22.0 Å². The highest BCUT2D eigenvalue weighted by molar-refractivity contribution is 8.00. The van der Waals surface area contributed by atoms with Crippen LogP contribution in [-0.2, 0) is 11.8 Å². The molecule has 0 fully saturated rings. The molecule has 9 heteroatoms. The van der Waals surface area contributed by atoms with E-state index in [-0.39, 0.29) is 11.2 Å². The van der Waals surface area contributed by atoms with Crippen LogP contribution < -0.4 is 5.32 Å². The highest BCUT2D eigenvalue weighted by Gasteiger charge is 2.20. The van der Waals surface area contributed by atoms with Gasteiger partial charge in [0.05, 0.1) is 5.25 Å². The van der Waals surface area contributed by atoms with E-state index >= 15 is 0 Å². The topological polar surface area (TPSA) is 85.6 Å². The molecule has 0 aliphatic rings. The molecule has 0 radical (unpaired) electrons. The average molecular weight is 374 g/mol. The lowest BCUT2D eigenvalue weighted by Gasteiger charge is -2.10. The molecular weight excluding hydrogens is 356 g/mol. The Hall–Kier alpha value is -2.26. The maximum absolute atomic E-state index is 12.3. The summed E-state index contributed by atoms with van der Waals surface area (Å²) in [5, 5.41) is 20.7. The second-order valence-corrected chi connectivity index (χ2v) is 8.10. The van der Waals surface area contributed by atoms with Crippen molar-refractivity contribution >= 4 is 34.1 Å². The number of amides is 1. The first-order chi connectivity index (χ1) is 11.9.